The van der Waals surface area contributed by atoms with E-state index in [1.807, 2.05) is 0 Å². The van der Waals surface area contributed by atoms with E-state index in [1.165, 1.54) is 11.1 Å². The molecule has 156 valence electrons. The van der Waals surface area contributed by atoms with E-state index in [1.54, 1.807) is 28.6 Å². The Hall–Kier alpha value is -2.18. The standard InChI is InChI=1S/C23H30N2O3S/c1-4-22(21-12-7-17(2)15-18(21)3)24-23(26)20-10-8-19(9-11-20)16-29(27,28)25-13-5-6-14-25/h7-12,15,22H,4-6,13-14,16H2,1-3H3,(H,24,26). The zero-order valence-electron chi connectivity index (χ0n) is 17.4. The molecule has 1 atom stereocenters. The fourth-order valence-corrected chi connectivity index (χ4v) is 5.49. The molecule has 1 saturated heterocycles. The summed E-state index contributed by atoms with van der Waals surface area (Å²) in [6.45, 7) is 7.39. The Bertz CT molecular complexity index is 962. The van der Waals surface area contributed by atoms with Crippen LogP contribution in [0.1, 0.15) is 64.8 Å². The van der Waals surface area contributed by atoms with Crippen LogP contribution in [0.3, 0.4) is 0 Å². The largest absolute Gasteiger partial charge is 0.345 e. The number of nitrogens with one attached hydrogen (secondary N) is 1. The number of hydrogen-bond donors (Lipinski definition) is 1. The molecule has 1 amide bonds. The zero-order chi connectivity index (χ0) is 21.0. The van der Waals surface area contributed by atoms with Crippen molar-refractivity contribution < 1.29 is 13.2 Å². The van der Waals surface area contributed by atoms with Gasteiger partial charge in [0.2, 0.25) is 10.0 Å². The van der Waals surface area contributed by atoms with Gasteiger partial charge in [-0.15, -0.1) is 0 Å². The first-order valence-corrected chi connectivity index (χ1v) is 11.9. The molecule has 29 heavy (non-hydrogen) atoms. The third-order valence-electron chi connectivity index (χ3n) is 5.54. The summed E-state index contributed by atoms with van der Waals surface area (Å²) in [6.07, 6.45) is 2.65. The molecular weight excluding hydrogens is 384 g/mol. The molecule has 0 bridgehead atoms. The van der Waals surface area contributed by atoms with E-state index in [9.17, 15) is 13.2 Å². The Kier molecular flexibility index (Phi) is 6.75. The Morgan fingerprint density at radius 2 is 1.72 bits per heavy atom. The number of amides is 1. The number of nitrogens with zero attached hydrogens (tertiary/aromatic N) is 1. The second-order valence-corrected chi connectivity index (χ2v) is 9.82. The van der Waals surface area contributed by atoms with E-state index in [-0.39, 0.29) is 17.7 Å². The number of aryl methyl sites for hydroxylation is 2. The van der Waals surface area contributed by atoms with Gasteiger partial charge in [0.15, 0.2) is 0 Å². The zero-order valence-corrected chi connectivity index (χ0v) is 18.3. The average Bonchev–Trinajstić information content (AvgIpc) is 3.22. The highest BCUT2D eigenvalue weighted by Gasteiger charge is 2.25. The van der Waals surface area contributed by atoms with Crippen molar-refractivity contribution in [2.24, 2.45) is 0 Å². The van der Waals surface area contributed by atoms with Crippen LogP contribution >= 0.6 is 0 Å². The molecule has 1 unspecified atom stereocenters. The molecular formula is C23H30N2O3S. The van der Waals surface area contributed by atoms with Crippen molar-refractivity contribution in [3.63, 3.8) is 0 Å². The summed E-state index contributed by atoms with van der Waals surface area (Å²) in [7, 11) is -3.28. The van der Waals surface area contributed by atoms with Gasteiger partial charge in [0.05, 0.1) is 11.8 Å². The van der Waals surface area contributed by atoms with Crippen LogP contribution in [0.2, 0.25) is 0 Å². The van der Waals surface area contributed by atoms with E-state index < -0.39 is 10.0 Å². The van der Waals surface area contributed by atoms with Gasteiger partial charge >= 0.3 is 0 Å². The summed E-state index contributed by atoms with van der Waals surface area (Å²) in [6, 6.07) is 13.1. The Labute approximate surface area is 174 Å². The van der Waals surface area contributed by atoms with Gasteiger partial charge < -0.3 is 5.32 Å². The number of sulfonamides is 1. The Morgan fingerprint density at radius 1 is 1.07 bits per heavy atom. The molecule has 0 saturated carbocycles. The normalized spacial score (nSPS) is 16.0. The molecule has 0 radical (unpaired) electrons. The maximum absolute atomic E-state index is 12.7. The Balaban J connectivity index is 1.68. The molecule has 5 nitrogen and oxygen atoms in total. The van der Waals surface area contributed by atoms with Crippen molar-refractivity contribution in [2.75, 3.05) is 13.1 Å². The first-order chi connectivity index (χ1) is 13.8. The van der Waals surface area contributed by atoms with Gasteiger partial charge in [-0.1, -0.05) is 42.8 Å². The summed E-state index contributed by atoms with van der Waals surface area (Å²) < 4.78 is 26.5. The third-order valence-corrected chi connectivity index (χ3v) is 7.39. The second-order valence-electron chi connectivity index (χ2n) is 7.85. The minimum Gasteiger partial charge on any atom is -0.345 e. The summed E-state index contributed by atoms with van der Waals surface area (Å²) in [4.78, 5) is 12.7. The first-order valence-electron chi connectivity index (χ1n) is 10.2. The SMILES string of the molecule is CCC(NC(=O)c1ccc(CS(=O)(=O)N2CCCC2)cc1)c1ccc(C)cc1C. The lowest BCUT2D eigenvalue weighted by Crippen LogP contribution is -2.29. The monoisotopic (exact) mass is 414 g/mol. The molecule has 0 spiro atoms. The first kappa shape index (κ1) is 21.5. The highest BCUT2D eigenvalue weighted by Crippen LogP contribution is 2.23. The third kappa shape index (κ3) is 5.25. The van der Waals surface area contributed by atoms with Crippen LogP contribution in [0.15, 0.2) is 42.5 Å². The van der Waals surface area contributed by atoms with Crippen molar-refractivity contribution in [1.29, 1.82) is 0 Å². The molecule has 1 N–H and O–H groups in total. The number of rotatable bonds is 7. The molecule has 0 aromatic heterocycles. The van der Waals surface area contributed by atoms with Crippen LogP contribution in [-0.4, -0.2) is 31.7 Å². The maximum Gasteiger partial charge on any atom is 0.251 e. The second kappa shape index (κ2) is 9.09. The lowest BCUT2D eigenvalue weighted by Gasteiger charge is -2.20. The van der Waals surface area contributed by atoms with Gasteiger partial charge in [0.1, 0.15) is 0 Å². The van der Waals surface area contributed by atoms with Crippen LogP contribution in [0.4, 0.5) is 0 Å². The lowest BCUT2D eigenvalue weighted by molar-refractivity contribution is 0.0935. The van der Waals surface area contributed by atoms with Crippen molar-refractivity contribution >= 4 is 15.9 Å². The topological polar surface area (TPSA) is 66.5 Å². The highest BCUT2D eigenvalue weighted by atomic mass is 32.2. The highest BCUT2D eigenvalue weighted by molar-refractivity contribution is 7.88. The number of carbonyl (C=O) groups excluding carboxylic acids is 1. The molecule has 0 aliphatic carbocycles. The van der Waals surface area contributed by atoms with E-state index >= 15 is 0 Å². The van der Waals surface area contributed by atoms with E-state index in [0.717, 1.165) is 24.8 Å². The number of benzene rings is 2. The summed E-state index contributed by atoms with van der Waals surface area (Å²) in [5.41, 5.74) is 4.73. The minimum absolute atomic E-state index is 0.0188. The van der Waals surface area contributed by atoms with Gasteiger partial charge in [-0.2, -0.15) is 0 Å². The molecule has 1 aliphatic rings. The van der Waals surface area contributed by atoms with Crippen molar-refractivity contribution in [1.82, 2.24) is 9.62 Å². The average molecular weight is 415 g/mol. The van der Waals surface area contributed by atoms with Crippen LogP contribution in [0.25, 0.3) is 0 Å². The van der Waals surface area contributed by atoms with Crippen LogP contribution in [0, 0.1) is 13.8 Å². The van der Waals surface area contributed by atoms with Gasteiger partial charge in [-0.25, -0.2) is 12.7 Å². The molecule has 6 heteroatoms. The molecule has 2 aromatic carbocycles. The van der Waals surface area contributed by atoms with Gasteiger partial charge in [-0.05, 0) is 61.9 Å². The molecule has 1 fully saturated rings. The predicted molar refractivity (Wildman–Crippen MR) is 116 cm³/mol. The Morgan fingerprint density at radius 3 is 2.31 bits per heavy atom. The van der Waals surface area contributed by atoms with Crippen molar-refractivity contribution in [2.45, 2.75) is 51.8 Å². The van der Waals surface area contributed by atoms with Crippen LogP contribution in [-0.2, 0) is 15.8 Å². The van der Waals surface area contributed by atoms with Crippen molar-refractivity contribution in [3.8, 4) is 0 Å². The smallest absolute Gasteiger partial charge is 0.251 e. The minimum atomic E-state index is -3.28. The molecule has 1 heterocycles. The van der Waals surface area contributed by atoms with Crippen LogP contribution in [0.5, 0.6) is 0 Å². The summed E-state index contributed by atoms with van der Waals surface area (Å²) in [5, 5.41) is 3.11. The van der Waals surface area contributed by atoms with E-state index in [2.05, 4.69) is 44.3 Å². The quantitative estimate of drug-likeness (QED) is 0.741. The summed E-state index contributed by atoms with van der Waals surface area (Å²) in [5.74, 6) is -0.166. The van der Waals surface area contributed by atoms with E-state index in [0.29, 0.717) is 24.2 Å². The number of hydrogen-bond acceptors (Lipinski definition) is 3. The molecule has 1 aliphatic heterocycles. The van der Waals surface area contributed by atoms with Gasteiger partial charge in [0, 0.05) is 18.7 Å². The molecule has 3 rings (SSSR count). The van der Waals surface area contributed by atoms with Crippen molar-refractivity contribution in [3.05, 3.63) is 70.3 Å². The lowest BCUT2D eigenvalue weighted by atomic mass is 9.97. The fourth-order valence-electron chi connectivity index (χ4n) is 3.88. The fraction of sp³-hybridized carbons (Fsp3) is 0.435. The van der Waals surface area contributed by atoms with E-state index in [4.69, 9.17) is 0 Å². The predicted octanol–water partition coefficient (Wildman–Crippen LogP) is 4.11. The van der Waals surface area contributed by atoms with Crippen LogP contribution < -0.4 is 5.32 Å². The van der Waals surface area contributed by atoms with Gasteiger partial charge in [-0.3, -0.25) is 4.79 Å². The van der Waals surface area contributed by atoms with Gasteiger partial charge in [0.25, 0.3) is 5.91 Å². The summed E-state index contributed by atoms with van der Waals surface area (Å²) >= 11 is 0. The molecule has 2 aromatic rings. The number of carbonyl (C=O) groups is 1. The maximum atomic E-state index is 12.7.